The second-order valence-electron chi connectivity index (χ2n) is 6.73. The van der Waals surface area contributed by atoms with Crippen molar-refractivity contribution in [2.24, 2.45) is 5.92 Å². The number of rotatable bonds is 9. The monoisotopic (exact) mass is 441 g/mol. The second-order valence-corrected chi connectivity index (χ2v) is 10.1. The van der Waals surface area contributed by atoms with E-state index < -0.39 is 34.0 Å². The van der Waals surface area contributed by atoms with E-state index in [2.05, 4.69) is 15.6 Å². The van der Waals surface area contributed by atoms with Crippen molar-refractivity contribution in [2.45, 2.75) is 31.4 Å². The number of aliphatic carboxylic acids is 1. The number of sulfone groups is 1. The number of nitrogens with zero attached hydrogens (tertiary/aromatic N) is 1. The average molecular weight is 442 g/mol. The molecule has 29 heavy (non-hydrogen) atoms. The Morgan fingerprint density at radius 3 is 2.66 bits per heavy atom. The van der Waals surface area contributed by atoms with Gasteiger partial charge in [-0.2, -0.15) is 0 Å². The van der Waals surface area contributed by atoms with Gasteiger partial charge in [0.2, 0.25) is 0 Å². The number of carboxylic acids is 1. The zero-order chi connectivity index (χ0) is 21.6. The number of ether oxygens (including phenoxy) is 1. The summed E-state index contributed by atoms with van der Waals surface area (Å²) < 4.78 is 29.8. The molecule has 0 saturated heterocycles. The van der Waals surface area contributed by atoms with Gasteiger partial charge in [0.1, 0.15) is 9.96 Å². The molecule has 0 fully saturated rings. The fourth-order valence-corrected chi connectivity index (χ4v) is 4.54. The van der Waals surface area contributed by atoms with E-state index in [0.717, 1.165) is 23.1 Å². The van der Waals surface area contributed by atoms with Gasteiger partial charge in [-0.25, -0.2) is 18.2 Å². The number of nitrogens with one attached hydrogen (secondary N) is 2. The van der Waals surface area contributed by atoms with E-state index in [9.17, 15) is 18.0 Å². The first-order chi connectivity index (χ1) is 13.6. The molecule has 2 amide bonds. The number of carbonyl (C=O) groups excluding carboxylic acids is 1. The summed E-state index contributed by atoms with van der Waals surface area (Å²) in [5.74, 6) is -0.890. The lowest BCUT2D eigenvalue weighted by Gasteiger charge is -2.14. The molecule has 3 N–H and O–H groups in total. The topological polar surface area (TPSA) is 135 Å². The largest absolute Gasteiger partial charge is 0.491 e. The van der Waals surface area contributed by atoms with Gasteiger partial charge in [0.15, 0.2) is 15.0 Å². The Kier molecular flexibility index (Phi) is 7.57. The van der Waals surface area contributed by atoms with Crippen molar-refractivity contribution in [3.05, 3.63) is 30.0 Å². The first kappa shape index (κ1) is 22.6. The fraction of sp³-hybridized carbons (Fsp3) is 0.389. The van der Waals surface area contributed by atoms with Gasteiger partial charge in [-0.1, -0.05) is 31.3 Å². The van der Waals surface area contributed by atoms with Gasteiger partial charge in [0, 0.05) is 0 Å². The lowest BCUT2D eigenvalue weighted by atomic mass is 10.2. The SMILES string of the molecule is Cc1ccc(NC(=O)Nc2ncc(S(=O)(=O)CCC(=O)O)s2)c(OCC(C)C)c1. The number of thiazole rings is 1. The van der Waals surface area contributed by atoms with Crippen LogP contribution in [0.15, 0.2) is 28.6 Å². The summed E-state index contributed by atoms with van der Waals surface area (Å²) in [7, 11) is -3.77. The molecule has 1 aromatic heterocycles. The van der Waals surface area contributed by atoms with E-state index in [-0.39, 0.29) is 9.34 Å². The number of anilines is 2. The minimum atomic E-state index is -3.77. The van der Waals surface area contributed by atoms with Crippen LogP contribution in [0.4, 0.5) is 15.6 Å². The highest BCUT2D eigenvalue weighted by Gasteiger charge is 2.20. The summed E-state index contributed by atoms with van der Waals surface area (Å²) in [6, 6.07) is 4.75. The third-order valence-electron chi connectivity index (χ3n) is 3.55. The van der Waals surface area contributed by atoms with E-state index >= 15 is 0 Å². The molecule has 0 aliphatic heterocycles. The molecule has 11 heteroatoms. The molecule has 2 rings (SSSR count). The fourth-order valence-electron chi connectivity index (χ4n) is 2.14. The van der Waals surface area contributed by atoms with E-state index in [1.807, 2.05) is 32.9 Å². The minimum Gasteiger partial charge on any atom is -0.491 e. The van der Waals surface area contributed by atoms with Crippen LogP contribution in [0.1, 0.15) is 25.8 Å². The Hall–Kier alpha value is -2.66. The van der Waals surface area contributed by atoms with E-state index in [1.165, 1.54) is 0 Å². The van der Waals surface area contributed by atoms with Gasteiger partial charge < -0.3 is 15.2 Å². The molecule has 0 unspecified atom stereocenters. The number of urea groups is 1. The maximum Gasteiger partial charge on any atom is 0.325 e. The van der Waals surface area contributed by atoms with Crippen molar-refractivity contribution in [3.8, 4) is 5.75 Å². The third-order valence-corrected chi connectivity index (χ3v) is 6.73. The number of amides is 2. The van der Waals surface area contributed by atoms with Crippen LogP contribution < -0.4 is 15.4 Å². The lowest BCUT2D eigenvalue weighted by Crippen LogP contribution is -2.20. The van der Waals surface area contributed by atoms with Crippen molar-refractivity contribution in [3.63, 3.8) is 0 Å². The van der Waals surface area contributed by atoms with Gasteiger partial charge in [0.25, 0.3) is 0 Å². The minimum absolute atomic E-state index is 0.0770. The number of hydrogen-bond donors (Lipinski definition) is 3. The molecule has 0 aliphatic rings. The molecule has 0 radical (unpaired) electrons. The Morgan fingerprint density at radius 1 is 1.28 bits per heavy atom. The van der Waals surface area contributed by atoms with E-state index in [0.29, 0.717) is 24.0 Å². The summed E-state index contributed by atoms with van der Waals surface area (Å²) >= 11 is 0.756. The van der Waals surface area contributed by atoms with Gasteiger partial charge >= 0.3 is 12.0 Å². The standard InChI is InChI=1S/C18H23N3O6S2/c1-11(2)10-27-14-8-12(3)4-5-13(14)20-17(24)21-18-19-9-16(28-18)29(25,26)7-6-15(22)23/h4-5,8-9,11H,6-7,10H2,1-3H3,(H,22,23)(H2,19,20,21,24). The van der Waals surface area contributed by atoms with Crippen LogP contribution in [0.2, 0.25) is 0 Å². The van der Waals surface area contributed by atoms with Crippen LogP contribution in [-0.4, -0.2) is 42.9 Å². The summed E-state index contributed by atoms with van der Waals surface area (Å²) in [4.78, 5) is 26.8. The Morgan fingerprint density at radius 2 is 2.00 bits per heavy atom. The summed E-state index contributed by atoms with van der Waals surface area (Å²) in [5.41, 5.74) is 1.45. The quantitative estimate of drug-likeness (QED) is 0.543. The number of aryl methyl sites for hydroxylation is 1. The number of carbonyl (C=O) groups is 2. The number of aromatic nitrogens is 1. The van der Waals surface area contributed by atoms with Crippen LogP contribution in [-0.2, 0) is 14.6 Å². The summed E-state index contributed by atoms with van der Waals surface area (Å²) in [5, 5.41) is 13.9. The van der Waals surface area contributed by atoms with Crippen molar-refractivity contribution >= 4 is 44.0 Å². The lowest BCUT2D eigenvalue weighted by molar-refractivity contribution is -0.136. The van der Waals surface area contributed by atoms with Crippen molar-refractivity contribution in [1.29, 1.82) is 0 Å². The summed E-state index contributed by atoms with van der Waals surface area (Å²) in [6.07, 6.45) is 0.594. The zero-order valence-electron chi connectivity index (χ0n) is 16.3. The highest BCUT2D eigenvalue weighted by Crippen LogP contribution is 2.28. The van der Waals surface area contributed by atoms with Crippen LogP contribution in [0.25, 0.3) is 0 Å². The van der Waals surface area contributed by atoms with Gasteiger partial charge in [-0.3, -0.25) is 10.1 Å². The first-order valence-corrected chi connectivity index (χ1v) is 11.3. The molecule has 0 aliphatic carbocycles. The van der Waals surface area contributed by atoms with Crippen molar-refractivity contribution < 1.29 is 27.9 Å². The Labute approximate surface area is 173 Å². The van der Waals surface area contributed by atoms with Crippen LogP contribution in [0, 0.1) is 12.8 Å². The molecule has 0 spiro atoms. The predicted octanol–water partition coefficient (Wildman–Crippen LogP) is 3.38. The predicted molar refractivity (Wildman–Crippen MR) is 111 cm³/mol. The van der Waals surface area contributed by atoms with Gasteiger partial charge in [-0.05, 0) is 30.5 Å². The highest BCUT2D eigenvalue weighted by molar-refractivity contribution is 7.93. The number of carboxylic acid groups (broad SMARTS) is 1. The Balaban J connectivity index is 2.05. The molecular weight excluding hydrogens is 418 g/mol. The maximum absolute atomic E-state index is 12.3. The first-order valence-electron chi connectivity index (χ1n) is 8.78. The second kappa shape index (κ2) is 9.70. The normalized spacial score (nSPS) is 11.3. The molecular formula is C18H23N3O6S2. The highest BCUT2D eigenvalue weighted by atomic mass is 32.2. The van der Waals surface area contributed by atoms with Gasteiger partial charge in [-0.15, -0.1) is 0 Å². The molecule has 158 valence electrons. The molecule has 0 saturated carbocycles. The van der Waals surface area contributed by atoms with Crippen LogP contribution >= 0.6 is 11.3 Å². The number of hydrogen-bond acceptors (Lipinski definition) is 7. The smallest absolute Gasteiger partial charge is 0.325 e. The molecule has 0 atom stereocenters. The van der Waals surface area contributed by atoms with Crippen molar-refractivity contribution in [2.75, 3.05) is 23.0 Å². The molecule has 1 heterocycles. The average Bonchev–Trinajstić information content (AvgIpc) is 3.09. The Bertz CT molecular complexity index is 985. The van der Waals surface area contributed by atoms with Gasteiger partial charge in [0.05, 0.1) is 30.7 Å². The number of benzene rings is 1. The molecule has 2 aromatic rings. The van der Waals surface area contributed by atoms with E-state index in [4.69, 9.17) is 9.84 Å². The molecule has 0 bridgehead atoms. The van der Waals surface area contributed by atoms with Crippen LogP contribution in [0.3, 0.4) is 0 Å². The zero-order valence-corrected chi connectivity index (χ0v) is 17.9. The molecule has 1 aromatic carbocycles. The molecule has 9 nitrogen and oxygen atoms in total. The third kappa shape index (κ3) is 7.02. The maximum atomic E-state index is 12.3. The summed E-state index contributed by atoms with van der Waals surface area (Å²) in [6.45, 7) is 6.43. The van der Waals surface area contributed by atoms with Crippen LogP contribution in [0.5, 0.6) is 5.75 Å². The van der Waals surface area contributed by atoms with Crippen molar-refractivity contribution in [1.82, 2.24) is 4.98 Å². The van der Waals surface area contributed by atoms with E-state index in [1.54, 1.807) is 6.07 Å².